The van der Waals surface area contributed by atoms with Crippen LogP contribution in [0, 0.1) is 6.92 Å². The summed E-state index contributed by atoms with van der Waals surface area (Å²) in [6.07, 6.45) is 2.78. The molecule has 9 heteroatoms. The van der Waals surface area contributed by atoms with Gasteiger partial charge < -0.3 is 9.84 Å². The van der Waals surface area contributed by atoms with Gasteiger partial charge in [0.15, 0.2) is 5.82 Å². The molecule has 2 heterocycles. The molecule has 22 heavy (non-hydrogen) atoms. The standard InChI is InChI=1S/C13H20N6O2S/c1-5-9-8(2)12(19(3)17-9)16-13(20)14-6-11-15-10(7-22-4)18-21-11/h5-7H2,1-4H3,(H2,14,16,20). The molecule has 8 nitrogen and oxygen atoms in total. The molecule has 2 aromatic rings. The van der Waals surface area contributed by atoms with Crippen molar-refractivity contribution >= 4 is 23.6 Å². The van der Waals surface area contributed by atoms with Gasteiger partial charge in [0.2, 0.25) is 5.89 Å². The SMILES string of the molecule is CCc1nn(C)c(NC(=O)NCc2nc(CSC)no2)c1C. The van der Waals surface area contributed by atoms with Gasteiger partial charge in [-0.25, -0.2) is 4.79 Å². The molecular formula is C13H20N6O2S. The molecule has 0 atom stereocenters. The fraction of sp³-hybridized carbons (Fsp3) is 0.538. The van der Waals surface area contributed by atoms with E-state index in [0.29, 0.717) is 23.3 Å². The third-order valence-corrected chi connectivity index (χ3v) is 3.68. The summed E-state index contributed by atoms with van der Waals surface area (Å²) < 4.78 is 6.72. The fourth-order valence-corrected chi connectivity index (χ4v) is 2.43. The van der Waals surface area contributed by atoms with Crippen LogP contribution in [0.5, 0.6) is 0 Å². The van der Waals surface area contributed by atoms with Gasteiger partial charge in [-0.3, -0.25) is 10.00 Å². The van der Waals surface area contributed by atoms with Gasteiger partial charge in [0.25, 0.3) is 0 Å². The molecule has 0 aromatic carbocycles. The Hall–Kier alpha value is -2.03. The van der Waals surface area contributed by atoms with Crippen molar-refractivity contribution in [3.63, 3.8) is 0 Å². The number of amides is 2. The summed E-state index contributed by atoms with van der Waals surface area (Å²) in [6, 6.07) is -0.335. The van der Waals surface area contributed by atoms with Gasteiger partial charge in [-0.1, -0.05) is 12.1 Å². The average Bonchev–Trinajstić information content (AvgIpc) is 3.05. The maximum atomic E-state index is 12.0. The number of rotatable bonds is 6. The number of carbonyl (C=O) groups is 1. The quantitative estimate of drug-likeness (QED) is 0.841. The van der Waals surface area contributed by atoms with Crippen LogP contribution in [0.25, 0.3) is 0 Å². The zero-order valence-corrected chi connectivity index (χ0v) is 14.0. The second-order valence-electron chi connectivity index (χ2n) is 4.74. The number of aromatic nitrogens is 4. The van der Waals surface area contributed by atoms with Gasteiger partial charge in [-0.2, -0.15) is 21.8 Å². The highest BCUT2D eigenvalue weighted by molar-refractivity contribution is 7.97. The summed E-state index contributed by atoms with van der Waals surface area (Å²) in [7, 11) is 1.80. The Bertz CT molecular complexity index is 651. The van der Waals surface area contributed by atoms with Crippen LogP contribution < -0.4 is 10.6 Å². The van der Waals surface area contributed by atoms with E-state index in [2.05, 4.69) is 25.9 Å². The van der Waals surface area contributed by atoms with Crippen molar-refractivity contribution in [3.05, 3.63) is 23.0 Å². The summed E-state index contributed by atoms with van der Waals surface area (Å²) in [5.41, 5.74) is 1.94. The zero-order valence-electron chi connectivity index (χ0n) is 13.1. The molecular weight excluding hydrogens is 304 g/mol. The van der Waals surface area contributed by atoms with E-state index in [4.69, 9.17) is 4.52 Å². The van der Waals surface area contributed by atoms with Crippen LogP contribution in [0.2, 0.25) is 0 Å². The molecule has 0 saturated carbocycles. The van der Waals surface area contributed by atoms with Crippen LogP contribution in [0.1, 0.15) is 29.9 Å². The monoisotopic (exact) mass is 324 g/mol. The summed E-state index contributed by atoms with van der Waals surface area (Å²) in [5, 5.41) is 13.7. The largest absolute Gasteiger partial charge is 0.337 e. The molecule has 0 aliphatic carbocycles. The summed E-state index contributed by atoms with van der Waals surface area (Å²) in [4.78, 5) is 16.1. The second-order valence-corrected chi connectivity index (χ2v) is 5.61. The van der Waals surface area contributed by atoms with Gasteiger partial charge in [0, 0.05) is 12.6 Å². The molecule has 0 radical (unpaired) electrons. The summed E-state index contributed by atoms with van der Waals surface area (Å²) in [6.45, 7) is 4.15. The summed E-state index contributed by atoms with van der Waals surface area (Å²) >= 11 is 1.61. The normalized spacial score (nSPS) is 10.7. The molecule has 120 valence electrons. The predicted octanol–water partition coefficient (Wildman–Crippen LogP) is 1.86. The van der Waals surface area contributed by atoms with E-state index in [1.807, 2.05) is 20.1 Å². The minimum atomic E-state index is -0.335. The van der Waals surface area contributed by atoms with Crippen LogP contribution in [0.3, 0.4) is 0 Å². The number of anilines is 1. The Morgan fingerprint density at radius 3 is 2.86 bits per heavy atom. The Morgan fingerprint density at radius 2 is 2.23 bits per heavy atom. The van der Waals surface area contributed by atoms with Crippen LogP contribution >= 0.6 is 11.8 Å². The molecule has 0 unspecified atom stereocenters. The van der Waals surface area contributed by atoms with Gasteiger partial charge >= 0.3 is 6.03 Å². The summed E-state index contributed by atoms with van der Waals surface area (Å²) in [5.74, 6) is 2.38. The van der Waals surface area contributed by atoms with E-state index in [0.717, 1.165) is 17.7 Å². The molecule has 0 spiro atoms. The minimum Gasteiger partial charge on any atom is -0.337 e. The van der Waals surface area contributed by atoms with Crippen molar-refractivity contribution < 1.29 is 9.32 Å². The highest BCUT2D eigenvalue weighted by Gasteiger charge is 2.14. The number of nitrogens with zero attached hydrogens (tertiary/aromatic N) is 4. The number of hydrogen-bond acceptors (Lipinski definition) is 6. The van der Waals surface area contributed by atoms with Crippen LogP contribution in [0.4, 0.5) is 10.6 Å². The van der Waals surface area contributed by atoms with Crippen molar-refractivity contribution in [2.24, 2.45) is 7.05 Å². The topological polar surface area (TPSA) is 97.9 Å². The second kappa shape index (κ2) is 7.30. The Labute approximate surface area is 133 Å². The lowest BCUT2D eigenvalue weighted by Gasteiger charge is -2.07. The smallest absolute Gasteiger partial charge is 0.320 e. The van der Waals surface area contributed by atoms with Crippen LogP contribution in [0.15, 0.2) is 4.52 Å². The molecule has 2 amide bonds. The van der Waals surface area contributed by atoms with Gasteiger partial charge in [-0.05, 0) is 19.6 Å². The average molecular weight is 324 g/mol. The van der Waals surface area contributed by atoms with Gasteiger partial charge in [0.1, 0.15) is 5.82 Å². The van der Waals surface area contributed by atoms with Crippen molar-refractivity contribution in [1.29, 1.82) is 0 Å². The first-order valence-corrected chi connectivity index (χ1v) is 8.32. The van der Waals surface area contributed by atoms with E-state index in [1.54, 1.807) is 23.5 Å². The van der Waals surface area contributed by atoms with Crippen LogP contribution in [-0.2, 0) is 25.8 Å². The number of carbonyl (C=O) groups excluding carboxylic acids is 1. The molecule has 0 bridgehead atoms. The van der Waals surface area contributed by atoms with Crippen molar-refractivity contribution in [2.45, 2.75) is 32.6 Å². The Kier molecular flexibility index (Phi) is 5.42. The number of hydrogen-bond donors (Lipinski definition) is 2. The number of nitrogens with one attached hydrogen (secondary N) is 2. The molecule has 0 fully saturated rings. The third-order valence-electron chi connectivity index (χ3n) is 3.13. The van der Waals surface area contributed by atoms with Gasteiger partial charge in [0.05, 0.1) is 18.0 Å². The first-order chi connectivity index (χ1) is 10.5. The van der Waals surface area contributed by atoms with Crippen molar-refractivity contribution in [3.8, 4) is 0 Å². The molecule has 0 saturated heterocycles. The molecule has 2 N–H and O–H groups in total. The Morgan fingerprint density at radius 1 is 1.45 bits per heavy atom. The number of urea groups is 1. The highest BCUT2D eigenvalue weighted by atomic mass is 32.2. The van der Waals surface area contributed by atoms with E-state index in [9.17, 15) is 4.79 Å². The van der Waals surface area contributed by atoms with E-state index < -0.39 is 0 Å². The molecule has 2 rings (SSSR count). The molecule has 2 aromatic heterocycles. The first kappa shape index (κ1) is 16.3. The van der Waals surface area contributed by atoms with E-state index in [-0.39, 0.29) is 12.6 Å². The number of thioether (sulfide) groups is 1. The minimum absolute atomic E-state index is 0.185. The number of aryl methyl sites for hydroxylation is 2. The van der Waals surface area contributed by atoms with Crippen LogP contribution in [-0.4, -0.2) is 32.2 Å². The highest BCUT2D eigenvalue weighted by Crippen LogP contribution is 2.18. The fourth-order valence-electron chi connectivity index (χ4n) is 2.05. The predicted molar refractivity (Wildman–Crippen MR) is 84.7 cm³/mol. The van der Waals surface area contributed by atoms with Gasteiger partial charge in [-0.15, -0.1) is 0 Å². The van der Waals surface area contributed by atoms with E-state index >= 15 is 0 Å². The van der Waals surface area contributed by atoms with Crippen molar-refractivity contribution in [1.82, 2.24) is 25.2 Å². The lowest BCUT2D eigenvalue weighted by molar-refractivity contribution is 0.249. The van der Waals surface area contributed by atoms with E-state index in [1.165, 1.54) is 0 Å². The first-order valence-electron chi connectivity index (χ1n) is 6.92. The lowest BCUT2D eigenvalue weighted by atomic mass is 10.2. The van der Waals surface area contributed by atoms with Crippen molar-refractivity contribution in [2.75, 3.05) is 11.6 Å². The lowest BCUT2D eigenvalue weighted by Crippen LogP contribution is -2.29. The molecule has 0 aliphatic heterocycles. The maximum absolute atomic E-state index is 12.0. The Balaban J connectivity index is 1.91. The third kappa shape index (κ3) is 3.79. The zero-order chi connectivity index (χ0) is 16.1. The maximum Gasteiger partial charge on any atom is 0.320 e. The molecule has 0 aliphatic rings.